The molecular weight excluding hydrogens is 246 g/mol. The molecule has 0 radical (unpaired) electrons. The molecule has 0 bridgehead atoms. The van der Waals surface area contributed by atoms with Crippen molar-refractivity contribution in [3.63, 3.8) is 0 Å². The lowest BCUT2D eigenvalue weighted by molar-refractivity contribution is -0.116. The quantitative estimate of drug-likeness (QED) is 0.919. The highest BCUT2D eigenvalue weighted by atomic mass is 32.1. The van der Waals surface area contributed by atoms with Crippen molar-refractivity contribution in [1.29, 1.82) is 0 Å². The molecule has 0 spiro atoms. The lowest BCUT2D eigenvalue weighted by atomic mass is 10.2. The van der Waals surface area contributed by atoms with Crippen molar-refractivity contribution in [3.05, 3.63) is 30.2 Å². The Kier molecular flexibility index (Phi) is 4.04. The molecule has 0 aliphatic carbocycles. The van der Waals surface area contributed by atoms with Crippen LogP contribution < -0.4 is 5.32 Å². The molecule has 0 unspecified atom stereocenters. The molecule has 1 amide bonds. The van der Waals surface area contributed by atoms with Crippen LogP contribution in [0.1, 0.15) is 25.5 Å². The molecule has 0 atom stereocenters. The van der Waals surface area contributed by atoms with Crippen LogP contribution in [0.4, 0.5) is 5.13 Å². The first-order chi connectivity index (χ1) is 8.70. The first kappa shape index (κ1) is 12.7. The van der Waals surface area contributed by atoms with Crippen molar-refractivity contribution in [2.75, 3.05) is 5.32 Å². The fraction of sp³-hybridized carbons (Fsp3) is 0.308. The highest BCUT2D eigenvalue weighted by Gasteiger charge is 2.11. The van der Waals surface area contributed by atoms with Crippen molar-refractivity contribution in [2.45, 2.75) is 26.7 Å². The first-order valence-electron chi connectivity index (χ1n) is 5.88. The molecular formula is C13H15N3OS. The van der Waals surface area contributed by atoms with Gasteiger partial charge in [0.25, 0.3) is 0 Å². The van der Waals surface area contributed by atoms with Gasteiger partial charge in [-0.2, -0.15) is 0 Å². The molecule has 94 valence electrons. The van der Waals surface area contributed by atoms with E-state index in [9.17, 15) is 4.79 Å². The summed E-state index contributed by atoms with van der Waals surface area (Å²) in [7, 11) is 0. The molecule has 2 heterocycles. The van der Waals surface area contributed by atoms with Gasteiger partial charge < -0.3 is 5.32 Å². The van der Waals surface area contributed by atoms with Gasteiger partial charge in [0, 0.05) is 24.4 Å². The molecule has 1 N–H and O–H groups in total. The second-order valence-corrected chi connectivity index (χ2v) is 4.97. The van der Waals surface area contributed by atoms with Crippen LogP contribution in [0, 0.1) is 6.92 Å². The Morgan fingerprint density at radius 1 is 1.50 bits per heavy atom. The number of aryl methyl sites for hydroxylation is 1. The fourth-order valence-electron chi connectivity index (χ4n) is 1.62. The van der Waals surface area contributed by atoms with Gasteiger partial charge in [-0.1, -0.05) is 24.3 Å². The van der Waals surface area contributed by atoms with Crippen molar-refractivity contribution in [1.82, 2.24) is 9.97 Å². The summed E-state index contributed by atoms with van der Waals surface area (Å²) in [5, 5.41) is 3.48. The second kappa shape index (κ2) is 5.73. The Hall–Kier alpha value is -1.75. The molecule has 0 aromatic carbocycles. The van der Waals surface area contributed by atoms with Crippen LogP contribution in [-0.4, -0.2) is 15.9 Å². The third-order valence-electron chi connectivity index (χ3n) is 2.44. The summed E-state index contributed by atoms with van der Waals surface area (Å²) in [5.74, 6) is 0.0176. The molecule has 18 heavy (non-hydrogen) atoms. The lowest BCUT2D eigenvalue weighted by Gasteiger charge is -1.98. The standard InChI is InChI=1S/C13H15N3OS/c1-3-5-11(17)16-13-15-9(2)12(18-13)10-6-4-7-14-8-10/h4,6-8H,3,5H2,1-2H3,(H,15,16,17). The van der Waals surface area contributed by atoms with E-state index in [1.54, 1.807) is 12.4 Å². The van der Waals surface area contributed by atoms with Gasteiger partial charge in [0.2, 0.25) is 5.91 Å². The number of hydrogen-bond acceptors (Lipinski definition) is 4. The third kappa shape index (κ3) is 2.92. The van der Waals surface area contributed by atoms with Crippen LogP contribution in [0.5, 0.6) is 0 Å². The third-order valence-corrected chi connectivity index (χ3v) is 3.57. The Labute approximate surface area is 110 Å². The van der Waals surface area contributed by atoms with Gasteiger partial charge in [-0.3, -0.25) is 9.78 Å². The molecule has 0 saturated heterocycles. The fourth-order valence-corrected chi connectivity index (χ4v) is 2.60. The van der Waals surface area contributed by atoms with E-state index in [1.807, 2.05) is 26.0 Å². The zero-order valence-electron chi connectivity index (χ0n) is 10.4. The van der Waals surface area contributed by atoms with E-state index in [0.717, 1.165) is 22.6 Å². The predicted octanol–water partition coefficient (Wildman–Crippen LogP) is 3.25. The minimum Gasteiger partial charge on any atom is -0.302 e. The Bertz CT molecular complexity index is 536. The zero-order chi connectivity index (χ0) is 13.0. The van der Waals surface area contributed by atoms with E-state index in [2.05, 4.69) is 15.3 Å². The number of carbonyl (C=O) groups is 1. The summed E-state index contributed by atoms with van der Waals surface area (Å²) in [6.45, 7) is 3.92. The van der Waals surface area contributed by atoms with Crippen LogP contribution >= 0.6 is 11.3 Å². The Morgan fingerprint density at radius 2 is 2.33 bits per heavy atom. The number of pyridine rings is 1. The largest absolute Gasteiger partial charge is 0.302 e. The van der Waals surface area contributed by atoms with E-state index >= 15 is 0 Å². The second-order valence-electron chi connectivity index (χ2n) is 3.97. The highest BCUT2D eigenvalue weighted by Crippen LogP contribution is 2.32. The molecule has 0 aliphatic heterocycles. The molecule has 2 rings (SSSR count). The monoisotopic (exact) mass is 261 g/mol. The maximum absolute atomic E-state index is 11.5. The maximum atomic E-state index is 11.5. The average Bonchev–Trinajstić information content (AvgIpc) is 2.71. The van der Waals surface area contributed by atoms with Crippen LogP contribution in [0.15, 0.2) is 24.5 Å². The van der Waals surface area contributed by atoms with Gasteiger partial charge >= 0.3 is 0 Å². The number of thiazole rings is 1. The number of amides is 1. The molecule has 0 fully saturated rings. The summed E-state index contributed by atoms with van der Waals surface area (Å²) in [6, 6.07) is 3.88. The number of aromatic nitrogens is 2. The van der Waals surface area contributed by atoms with Crippen LogP contribution in [-0.2, 0) is 4.79 Å². The smallest absolute Gasteiger partial charge is 0.226 e. The average molecular weight is 261 g/mol. The summed E-state index contributed by atoms with van der Waals surface area (Å²) >= 11 is 1.48. The van der Waals surface area contributed by atoms with Crippen LogP contribution in [0.3, 0.4) is 0 Å². The van der Waals surface area contributed by atoms with Crippen molar-refractivity contribution < 1.29 is 4.79 Å². The number of anilines is 1. The van der Waals surface area contributed by atoms with Crippen molar-refractivity contribution in [3.8, 4) is 10.4 Å². The van der Waals surface area contributed by atoms with Gasteiger partial charge in [0.05, 0.1) is 10.6 Å². The molecule has 0 saturated carbocycles. The Morgan fingerprint density at radius 3 is 3.00 bits per heavy atom. The number of nitrogens with one attached hydrogen (secondary N) is 1. The summed E-state index contributed by atoms with van der Waals surface area (Å²) in [6.07, 6.45) is 4.91. The lowest BCUT2D eigenvalue weighted by Crippen LogP contribution is -2.10. The molecule has 5 heteroatoms. The molecule has 0 aliphatic rings. The van der Waals surface area contributed by atoms with Gasteiger partial charge in [-0.05, 0) is 19.4 Å². The minimum atomic E-state index is 0.0176. The Balaban J connectivity index is 2.20. The normalized spacial score (nSPS) is 10.3. The number of hydrogen-bond donors (Lipinski definition) is 1. The summed E-state index contributed by atoms with van der Waals surface area (Å²) in [4.78, 5) is 21.0. The highest BCUT2D eigenvalue weighted by molar-refractivity contribution is 7.19. The summed E-state index contributed by atoms with van der Waals surface area (Å²) < 4.78 is 0. The zero-order valence-corrected chi connectivity index (χ0v) is 11.3. The SMILES string of the molecule is CCCC(=O)Nc1nc(C)c(-c2cccnc2)s1. The number of rotatable bonds is 4. The van der Waals surface area contributed by atoms with Crippen LogP contribution in [0.2, 0.25) is 0 Å². The van der Waals surface area contributed by atoms with E-state index in [0.29, 0.717) is 11.6 Å². The van der Waals surface area contributed by atoms with Gasteiger partial charge in [-0.15, -0.1) is 0 Å². The minimum absolute atomic E-state index is 0.0176. The molecule has 4 nitrogen and oxygen atoms in total. The van der Waals surface area contributed by atoms with E-state index in [4.69, 9.17) is 0 Å². The van der Waals surface area contributed by atoms with Gasteiger partial charge in [0.15, 0.2) is 5.13 Å². The number of nitrogens with zero attached hydrogens (tertiary/aromatic N) is 2. The van der Waals surface area contributed by atoms with Crippen molar-refractivity contribution in [2.24, 2.45) is 0 Å². The van der Waals surface area contributed by atoms with Gasteiger partial charge in [-0.25, -0.2) is 4.98 Å². The first-order valence-corrected chi connectivity index (χ1v) is 6.70. The predicted molar refractivity (Wildman–Crippen MR) is 73.6 cm³/mol. The van der Waals surface area contributed by atoms with E-state index < -0.39 is 0 Å². The topological polar surface area (TPSA) is 54.9 Å². The van der Waals surface area contributed by atoms with E-state index in [1.165, 1.54) is 11.3 Å². The van der Waals surface area contributed by atoms with E-state index in [-0.39, 0.29) is 5.91 Å². The summed E-state index contributed by atoms with van der Waals surface area (Å²) in [5.41, 5.74) is 1.95. The van der Waals surface area contributed by atoms with Crippen LogP contribution in [0.25, 0.3) is 10.4 Å². The van der Waals surface area contributed by atoms with Gasteiger partial charge in [0.1, 0.15) is 0 Å². The van der Waals surface area contributed by atoms with Crippen molar-refractivity contribution >= 4 is 22.4 Å². The molecule has 2 aromatic heterocycles. The maximum Gasteiger partial charge on any atom is 0.226 e. The number of carbonyl (C=O) groups excluding carboxylic acids is 1. The molecule has 2 aromatic rings.